The van der Waals surface area contributed by atoms with Gasteiger partial charge in [-0.15, -0.1) is 0 Å². The summed E-state index contributed by atoms with van der Waals surface area (Å²) in [5, 5.41) is 3.08. The number of carbonyl (C=O) groups is 1. The minimum atomic E-state index is -3.85. The molecule has 3 rings (SSSR count). The van der Waals surface area contributed by atoms with Gasteiger partial charge < -0.3 is 5.32 Å². The molecule has 168 valence electrons. The summed E-state index contributed by atoms with van der Waals surface area (Å²) < 4.78 is 28.8. The number of amides is 1. The minimum absolute atomic E-state index is 0.0912. The fourth-order valence-electron chi connectivity index (χ4n) is 3.59. The summed E-state index contributed by atoms with van der Waals surface area (Å²) in [6.07, 6.45) is 0.779. The molecule has 3 aromatic carbocycles. The molecule has 0 saturated heterocycles. The standard InChI is InChI=1S/C26H30N2O3S/c1-18(2)16-24(21-11-6-5-7-12-21)27-26(29)22-15-14-20(4)25(17-22)32(30,31)28-23-13-9-8-10-19(23)3/h5-15,17-18,24,28H,16H2,1-4H3,(H,27,29)/t24-/m0/s1. The van der Waals surface area contributed by atoms with Crippen molar-refractivity contribution in [2.24, 2.45) is 5.92 Å². The van der Waals surface area contributed by atoms with Gasteiger partial charge in [-0.1, -0.05) is 68.4 Å². The molecule has 0 aliphatic heterocycles. The lowest BCUT2D eigenvalue weighted by atomic mass is 9.96. The van der Waals surface area contributed by atoms with Crippen LogP contribution in [-0.2, 0) is 10.0 Å². The molecule has 3 aromatic rings. The van der Waals surface area contributed by atoms with Crippen LogP contribution in [0.3, 0.4) is 0 Å². The molecule has 0 aliphatic carbocycles. The first-order valence-corrected chi connectivity index (χ1v) is 12.2. The van der Waals surface area contributed by atoms with Crippen LogP contribution in [0.5, 0.6) is 0 Å². The van der Waals surface area contributed by atoms with E-state index in [1.165, 1.54) is 6.07 Å². The largest absolute Gasteiger partial charge is 0.345 e. The number of hydrogen-bond acceptors (Lipinski definition) is 3. The summed E-state index contributed by atoms with van der Waals surface area (Å²) >= 11 is 0. The SMILES string of the molecule is Cc1ccccc1NS(=O)(=O)c1cc(C(=O)N[C@@H](CC(C)C)c2ccccc2)ccc1C. The monoisotopic (exact) mass is 450 g/mol. The van der Waals surface area contributed by atoms with E-state index in [9.17, 15) is 13.2 Å². The third-order valence-electron chi connectivity index (χ3n) is 5.34. The van der Waals surface area contributed by atoms with Crippen LogP contribution >= 0.6 is 0 Å². The van der Waals surface area contributed by atoms with Crippen molar-refractivity contribution in [2.75, 3.05) is 4.72 Å². The van der Waals surface area contributed by atoms with Gasteiger partial charge in [0.15, 0.2) is 0 Å². The Bertz CT molecular complexity index is 1190. The van der Waals surface area contributed by atoms with Crippen LogP contribution in [0.1, 0.15) is 53.4 Å². The maximum atomic E-state index is 13.1. The molecule has 0 spiro atoms. The molecule has 2 N–H and O–H groups in total. The van der Waals surface area contributed by atoms with E-state index in [4.69, 9.17) is 0 Å². The first-order chi connectivity index (χ1) is 15.2. The van der Waals surface area contributed by atoms with E-state index in [-0.39, 0.29) is 16.8 Å². The summed E-state index contributed by atoms with van der Waals surface area (Å²) in [5.41, 5.74) is 3.25. The van der Waals surface area contributed by atoms with Crippen LogP contribution in [0, 0.1) is 19.8 Å². The molecule has 0 fully saturated rings. The zero-order chi connectivity index (χ0) is 23.3. The Balaban J connectivity index is 1.88. The zero-order valence-corrected chi connectivity index (χ0v) is 19.7. The van der Waals surface area contributed by atoms with Crippen molar-refractivity contribution < 1.29 is 13.2 Å². The third kappa shape index (κ3) is 5.77. The second-order valence-corrected chi connectivity index (χ2v) is 10.1. The Morgan fingerprint density at radius 2 is 1.53 bits per heavy atom. The van der Waals surface area contributed by atoms with Crippen molar-refractivity contribution in [3.05, 3.63) is 95.1 Å². The van der Waals surface area contributed by atoms with E-state index in [0.717, 1.165) is 17.5 Å². The van der Waals surface area contributed by atoms with Gasteiger partial charge >= 0.3 is 0 Å². The molecule has 0 saturated carbocycles. The molecule has 1 amide bonds. The molecule has 0 unspecified atom stereocenters. The van der Waals surface area contributed by atoms with Crippen LogP contribution in [0.4, 0.5) is 5.69 Å². The number of anilines is 1. The maximum absolute atomic E-state index is 13.1. The Hall–Kier alpha value is -3.12. The maximum Gasteiger partial charge on any atom is 0.262 e. The van der Waals surface area contributed by atoms with Crippen LogP contribution < -0.4 is 10.0 Å². The predicted octanol–water partition coefficient (Wildman–Crippen LogP) is 5.62. The second-order valence-electron chi connectivity index (χ2n) is 8.47. The predicted molar refractivity (Wildman–Crippen MR) is 129 cm³/mol. The minimum Gasteiger partial charge on any atom is -0.345 e. The number of hydrogen-bond donors (Lipinski definition) is 2. The highest BCUT2D eigenvalue weighted by Crippen LogP contribution is 2.25. The number of carbonyl (C=O) groups excluding carboxylic acids is 1. The Labute approximate surface area is 190 Å². The third-order valence-corrected chi connectivity index (χ3v) is 6.85. The number of nitrogens with one attached hydrogen (secondary N) is 2. The average molecular weight is 451 g/mol. The highest BCUT2D eigenvalue weighted by molar-refractivity contribution is 7.92. The van der Waals surface area contributed by atoms with Crippen LogP contribution in [0.25, 0.3) is 0 Å². The van der Waals surface area contributed by atoms with Crippen molar-refractivity contribution in [1.29, 1.82) is 0 Å². The number of para-hydroxylation sites is 1. The van der Waals surface area contributed by atoms with Gasteiger partial charge in [-0.25, -0.2) is 8.42 Å². The van der Waals surface area contributed by atoms with Crippen molar-refractivity contribution in [3.63, 3.8) is 0 Å². The van der Waals surface area contributed by atoms with Gasteiger partial charge in [0.25, 0.3) is 15.9 Å². The van der Waals surface area contributed by atoms with Gasteiger partial charge in [0, 0.05) is 5.56 Å². The lowest BCUT2D eigenvalue weighted by Crippen LogP contribution is -2.29. The van der Waals surface area contributed by atoms with E-state index in [1.54, 1.807) is 31.2 Å². The Morgan fingerprint density at radius 1 is 0.875 bits per heavy atom. The van der Waals surface area contributed by atoms with Gasteiger partial charge in [-0.2, -0.15) is 0 Å². The van der Waals surface area contributed by atoms with Gasteiger partial charge in [0.2, 0.25) is 0 Å². The van der Waals surface area contributed by atoms with Crippen LogP contribution in [0.2, 0.25) is 0 Å². The van der Waals surface area contributed by atoms with Crippen LogP contribution in [0.15, 0.2) is 77.7 Å². The molecule has 0 radical (unpaired) electrons. The molecule has 0 bridgehead atoms. The average Bonchev–Trinajstić information content (AvgIpc) is 2.75. The quantitative estimate of drug-likeness (QED) is 0.468. The lowest BCUT2D eigenvalue weighted by Gasteiger charge is -2.21. The zero-order valence-electron chi connectivity index (χ0n) is 18.9. The molecule has 32 heavy (non-hydrogen) atoms. The van der Waals surface area contributed by atoms with Gasteiger partial charge in [-0.05, 0) is 61.1 Å². The van der Waals surface area contributed by atoms with Gasteiger partial charge in [-0.3, -0.25) is 9.52 Å². The molecule has 0 heterocycles. The molecule has 1 atom stereocenters. The molecule has 5 nitrogen and oxygen atoms in total. The summed E-state index contributed by atoms with van der Waals surface area (Å²) in [5.74, 6) is 0.0830. The van der Waals surface area contributed by atoms with Crippen molar-refractivity contribution in [3.8, 4) is 0 Å². The summed E-state index contributed by atoms with van der Waals surface area (Å²) in [6, 6.07) is 21.6. The van der Waals surface area contributed by atoms with Crippen molar-refractivity contribution in [2.45, 2.75) is 45.1 Å². The number of benzene rings is 3. The normalized spacial score (nSPS) is 12.4. The summed E-state index contributed by atoms with van der Waals surface area (Å²) in [4.78, 5) is 13.2. The topological polar surface area (TPSA) is 75.3 Å². The highest BCUT2D eigenvalue weighted by Gasteiger charge is 2.22. The van der Waals surface area contributed by atoms with E-state index < -0.39 is 10.0 Å². The summed E-state index contributed by atoms with van der Waals surface area (Å²) in [6.45, 7) is 7.78. The molecule has 0 aromatic heterocycles. The fraction of sp³-hybridized carbons (Fsp3) is 0.269. The number of sulfonamides is 1. The van der Waals surface area contributed by atoms with Crippen molar-refractivity contribution >= 4 is 21.6 Å². The van der Waals surface area contributed by atoms with Gasteiger partial charge in [0.1, 0.15) is 0 Å². The first-order valence-electron chi connectivity index (χ1n) is 10.7. The van der Waals surface area contributed by atoms with Crippen LogP contribution in [-0.4, -0.2) is 14.3 Å². The van der Waals surface area contributed by atoms with Gasteiger partial charge in [0.05, 0.1) is 16.6 Å². The number of aryl methyl sites for hydroxylation is 2. The lowest BCUT2D eigenvalue weighted by molar-refractivity contribution is 0.0931. The Morgan fingerprint density at radius 3 is 2.19 bits per heavy atom. The van der Waals surface area contributed by atoms with Crippen molar-refractivity contribution in [1.82, 2.24) is 5.32 Å². The van der Waals surface area contributed by atoms with E-state index >= 15 is 0 Å². The number of rotatable bonds is 8. The fourth-order valence-corrected chi connectivity index (χ4v) is 5.00. The van der Waals surface area contributed by atoms with E-state index in [2.05, 4.69) is 23.9 Å². The molecular weight excluding hydrogens is 420 g/mol. The smallest absolute Gasteiger partial charge is 0.262 e. The van der Waals surface area contributed by atoms with E-state index in [0.29, 0.717) is 22.7 Å². The molecule has 0 aliphatic rings. The molecular formula is C26H30N2O3S. The molecule has 6 heteroatoms. The summed E-state index contributed by atoms with van der Waals surface area (Å²) in [7, 11) is -3.85. The first kappa shape index (κ1) is 23.5. The highest BCUT2D eigenvalue weighted by atomic mass is 32.2. The second kappa shape index (κ2) is 10.0. The van der Waals surface area contributed by atoms with E-state index in [1.807, 2.05) is 49.4 Å². The Kier molecular flexibility index (Phi) is 7.36.